The van der Waals surface area contributed by atoms with Gasteiger partial charge in [0.15, 0.2) is 0 Å². The van der Waals surface area contributed by atoms with Crippen LogP contribution >= 0.6 is 0 Å². The number of halogens is 1. The highest BCUT2D eigenvalue weighted by molar-refractivity contribution is 5.88. The SMILES string of the molecule is COCCNCCNC(=O)C1(c2cccc(F)c2)CCCC1. The lowest BCUT2D eigenvalue weighted by molar-refractivity contribution is -0.126. The van der Waals surface area contributed by atoms with E-state index in [1.807, 2.05) is 6.07 Å². The van der Waals surface area contributed by atoms with Crippen molar-refractivity contribution in [3.05, 3.63) is 35.6 Å². The zero-order valence-electron chi connectivity index (χ0n) is 13.2. The highest BCUT2D eigenvalue weighted by Gasteiger charge is 2.42. The van der Waals surface area contributed by atoms with E-state index in [1.165, 1.54) is 12.1 Å². The van der Waals surface area contributed by atoms with Crippen LogP contribution in [-0.4, -0.2) is 39.3 Å². The van der Waals surface area contributed by atoms with Gasteiger partial charge in [-0.2, -0.15) is 0 Å². The van der Waals surface area contributed by atoms with Gasteiger partial charge in [-0.25, -0.2) is 4.39 Å². The highest BCUT2D eigenvalue weighted by Crippen LogP contribution is 2.41. The van der Waals surface area contributed by atoms with Crippen LogP contribution in [0.2, 0.25) is 0 Å². The summed E-state index contributed by atoms with van der Waals surface area (Å²) in [5.74, 6) is -0.262. The van der Waals surface area contributed by atoms with Gasteiger partial charge < -0.3 is 15.4 Å². The zero-order valence-corrected chi connectivity index (χ0v) is 13.2. The Balaban J connectivity index is 1.94. The first-order valence-corrected chi connectivity index (χ1v) is 7.93. The molecule has 0 aromatic heterocycles. The fourth-order valence-electron chi connectivity index (χ4n) is 3.14. The monoisotopic (exact) mass is 308 g/mol. The van der Waals surface area contributed by atoms with Gasteiger partial charge in [-0.3, -0.25) is 4.79 Å². The van der Waals surface area contributed by atoms with Crippen molar-refractivity contribution < 1.29 is 13.9 Å². The molecule has 5 heteroatoms. The Bertz CT molecular complexity index is 487. The molecule has 2 rings (SSSR count). The van der Waals surface area contributed by atoms with Crippen molar-refractivity contribution in [1.82, 2.24) is 10.6 Å². The minimum atomic E-state index is -0.561. The van der Waals surface area contributed by atoms with Crippen LogP contribution in [-0.2, 0) is 14.9 Å². The minimum Gasteiger partial charge on any atom is -0.383 e. The van der Waals surface area contributed by atoms with Crippen LogP contribution in [0.1, 0.15) is 31.2 Å². The predicted molar refractivity (Wildman–Crippen MR) is 84.3 cm³/mol. The lowest BCUT2D eigenvalue weighted by Crippen LogP contribution is -2.45. The first-order valence-electron chi connectivity index (χ1n) is 7.93. The average molecular weight is 308 g/mol. The van der Waals surface area contributed by atoms with E-state index in [0.29, 0.717) is 19.7 Å². The van der Waals surface area contributed by atoms with Gasteiger partial charge >= 0.3 is 0 Å². The number of ether oxygens (including phenoxy) is 1. The Labute approximate surface area is 131 Å². The predicted octanol–water partition coefficient (Wildman–Crippen LogP) is 1.99. The number of nitrogens with one attached hydrogen (secondary N) is 2. The summed E-state index contributed by atoms with van der Waals surface area (Å²) in [6.07, 6.45) is 3.60. The van der Waals surface area contributed by atoms with Crippen LogP contribution in [0.5, 0.6) is 0 Å². The number of amides is 1. The van der Waals surface area contributed by atoms with E-state index >= 15 is 0 Å². The van der Waals surface area contributed by atoms with Crippen LogP contribution in [0.3, 0.4) is 0 Å². The Hall–Kier alpha value is -1.46. The first-order chi connectivity index (χ1) is 10.7. The maximum Gasteiger partial charge on any atom is 0.230 e. The molecule has 0 heterocycles. The van der Waals surface area contributed by atoms with Gasteiger partial charge in [0.1, 0.15) is 5.82 Å². The van der Waals surface area contributed by atoms with Crippen LogP contribution < -0.4 is 10.6 Å². The van der Waals surface area contributed by atoms with E-state index in [-0.39, 0.29) is 11.7 Å². The number of rotatable bonds is 8. The Morgan fingerprint density at radius 3 is 2.73 bits per heavy atom. The van der Waals surface area contributed by atoms with Gasteiger partial charge in [-0.1, -0.05) is 25.0 Å². The van der Waals surface area contributed by atoms with Crippen LogP contribution in [0.25, 0.3) is 0 Å². The van der Waals surface area contributed by atoms with Crippen LogP contribution in [0, 0.1) is 5.82 Å². The van der Waals surface area contributed by atoms with Gasteiger partial charge in [0, 0.05) is 26.7 Å². The van der Waals surface area contributed by atoms with E-state index in [0.717, 1.165) is 37.8 Å². The molecule has 0 unspecified atom stereocenters. The molecule has 1 fully saturated rings. The molecular formula is C17H25FN2O2. The first kappa shape index (κ1) is 16.9. The zero-order chi connectivity index (χ0) is 15.8. The number of benzene rings is 1. The molecule has 0 radical (unpaired) electrons. The van der Waals surface area contributed by atoms with E-state index < -0.39 is 5.41 Å². The molecule has 22 heavy (non-hydrogen) atoms. The Kier molecular flexibility index (Phi) is 6.34. The molecule has 1 aliphatic carbocycles. The molecule has 0 bridgehead atoms. The topological polar surface area (TPSA) is 50.4 Å². The second-order valence-electron chi connectivity index (χ2n) is 5.80. The molecule has 122 valence electrons. The van der Waals surface area contributed by atoms with Crippen LogP contribution in [0.4, 0.5) is 4.39 Å². The largest absolute Gasteiger partial charge is 0.383 e. The molecule has 1 aromatic rings. The van der Waals surface area contributed by atoms with E-state index in [9.17, 15) is 9.18 Å². The maximum absolute atomic E-state index is 13.5. The molecular weight excluding hydrogens is 283 g/mol. The normalized spacial score (nSPS) is 16.6. The quantitative estimate of drug-likeness (QED) is 0.722. The average Bonchev–Trinajstić information content (AvgIpc) is 3.01. The van der Waals surface area contributed by atoms with E-state index in [4.69, 9.17) is 4.74 Å². The lowest BCUT2D eigenvalue weighted by Gasteiger charge is -2.28. The molecule has 1 aromatic carbocycles. The number of carbonyl (C=O) groups excluding carboxylic acids is 1. The van der Waals surface area contributed by atoms with Crippen molar-refractivity contribution in [2.24, 2.45) is 0 Å². The lowest BCUT2D eigenvalue weighted by atomic mass is 9.78. The van der Waals surface area contributed by atoms with Gasteiger partial charge in [0.05, 0.1) is 12.0 Å². The molecule has 4 nitrogen and oxygen atoms in total. The summed E-state index contributed by atoms with van der Waals surface area (Å²) in [5, 5.41) is 6.19. The molecule has 1 amide bonds. The van der Waals surface area contributed by atoms with E-state index in [2.05, 4.69) is 10.6 Å². The number of carbonyl (C=O) groups is 1. The van der Waals surface area contributed by atoms with Crippen molar-refractivity contribution in [3.8, 4) is 0 Å². The van der Waals surface area contributed by atoms with Gasteiger partial charge in [-0.05, 0) is 30.5 Å². The molecule has 1 aliphatic rings. The van der Waals surface area contributed by atoms with Crippen molar-refractivity contribution in [1.29, 1.82) is 0 Å². The minimum absolute atomic E-state index is 0.0177. The molecule has 0 spiro atoms. The standard InChI is InChI=1S/C17H25FN2O2/c1-22-12-11-19-9-10-20-16(21)17(7-2-3-8-17)14-5-4-6-15(18)13-14/h4-6,13,19H,2-3,7-12H2,1H3,(H,20,21). The van der Waals surface area contributed by atoms with Gasteiger partial charge in [-0.15, -0.1) is 0 Å². The van der Waals surface area contributed by atoms with Crippen LogP contribution in [0.15, 0.2) is 24.3 Å². The number of hydrogen-bond acceptors (Lipinski definition) is 3. The molecule has 2 N–H and O–H groups in total. The second-order valence-corrected chi connectivity index (χ2v) is 5.80. The molecule has 0 saturated heterocycles. The number of hydrogen-bond donors (Lipinski definition) is 2. The van der Waals surface area contributed by atoms with Crippen molar-refractivity contribution in [2.45, 2.75) is 31.1 Å². The highest BCUT2D eigenvalue weighted by atomic mass is 19.1. The molecule has 0 atom stereocenters. The molecule has 0 aliphatic heterocycles. The van der Waals surface area contributed by atoms with Gasteiger partial charge in [0.25, 0.3) is 0 Å². The fraction of sp³-hybridized carbons (Fsp3) is 0.588. The third-order valence-electron chi connectivity index (χ3n) is 4.34. The van der Waals surface area contributed by atoms with Gasteiger partial charge in [0.2, 0.25) is 5.91 Å². The Morgan fingerprint density at radius 1 is 1.27 bits per heavy atom. The van der Waals surface area contributed by atoms with Crippen molar-refractivity contribution in [3.63, 3.8) is 0 Å². The third-order valence-corrected chi connectivity index (χ3v) is 4.34. The van der Waals surface area contributed by atoms with Crippen molar-refractivity contribution >= 4 is 5.91 Å². The second kappa shape index (κ2) is 8.25. The summed E-state index contributed by atoms with van der Waals surface area (Å²) < 4.78 is 18.5. The molecule has 1 saturated carbocycles. The number of methoxy groups -OCH3 is 1. The summed E-state index contributed by atoms with van der Waals surface area (Å²) in [5.41, 5.74) is 0.240. The summed E-state index contributed by atoms with van der Waals surface area (Å²) in [7, 11) is 1.66. The summed E-state index contributed by atoms with van der Waals surface area (Å²) in [4.78, 5) is 12.7. The third kappa shape index (κ3) is 4.05. The summed E-state index contributed by atoms with van der Waals surface area (Å²) in [6, 6.07) is 6.47. The van der Waals surface area contributed by atoms with E-state index in [1.54, 1.807) is 13.2 Å². The maximum atomic E-state index is 13.5. The van der Waals surface area contributed by atoms with Crippen molar-refractivity contribution in [2.75, 3.05) is 33.4 Å². The summed E-state index contributed by atoms with van der Waals surface area (Å²) >= 11 is 0. The fourth-order valence-corrected chi connectivity index (χ4v) is 3.14. The summed E-state index contributed by atoms with van der Waals surface area (Å²) in [6.45, 7) is 2.69. The Morgan fingerprint density at radius 2 is 2.05 bits per heavy atom. The smallest absolute Gasteiger partial charge is 0.230 e.